The predicted molar refractivity (Wildman–Crippen MR) is 114 cm³/mol. The summed E-state index contributed by atoms with van der Waals surface area (Å²) in [5, 5.41) is 5.40. The van der Waals surface area contributed by atoms with Gasteiger partial charge in [-0.05, 0) is 48.7 Å². The van der Waals surface area contributed by atoms with Crippen molar-refractivity contribution in [2.45, 2.75) is 32.7 Å². The zero-order valence-electron chi connectivity index (χ0n) is 17.3. The number of carbonyl (C=O) groups excluding carboxylic acids is 3. The number of nitrogens with one attached hydrogen (secondary N) is 2. The third kappa shape index (κ3) is 5.37. The highest BCUT2D eigenvalue weighted by atomic mass is 16.5. The average Bonchev–Trinajstić information content (AvgIpc) is 2.74. The van der Waals surface area contributed by atoms with Crippen molar-refractivity contribution in [3.05, 3.63) is 59.7 Å². The van der Waals surface area contributed by atoms with Gasteiger partial charge in [0, 0.05) is 19.2 Å². The molecule has 2 N–H and O–H groups in total. The van der Waals surface area contributed by atoms with E-state index in [9.17, 15) is 14.4 Å². The van der Waals surface area contributed by atoms with Crippen LogP contribution in [0.5, 0.6) is 5.75 Å². The number of fused-ring (bicyclic) bond motifs is 1. The second kappa shape index (κ2) is 9.91. The summed E-state index contributed by atoms with van der Waals surface area (Å²) >= 11 is 0. The summed E-state index contributed by atoms with van der Waals surface area (Å²) < 4.78 is 5.37. The second-order valence-corrected chi connectivity index (χ2v) is 7.16. The monoisotopic (exact) mass is 409 g/mol. The molecule has 1 aliphatic heterocycles. The SMILES string of the molecule is CCOc1ccc(NC(=O)CNC(=O)CC2c3ccccc3CCN2C(C)=O)cc1. The van der Waals surface area contributed by atoms with Crippen LogP contribution < -0.4 is 15.4 Å². The topological polar surface area (TPSA) is 87.7 Å². The minimum absolute atomic E-state index is 0.0597. The number of ether oxygens (including phenoxy) is 1. The number of hydrogen-bond acceptors (Lipinski definition) is 4. The Morgan fingerprint density at radius 1 is 1.07 bits per heavy atom. The van der Waals surface area contributed by atoms with E-state index in [1.165, 1.54) is 6.92 Å². The largest absolute Gasteiger partial charge is 0.494 e. The van der Waals surface area contributed by atoms with Crippen LogP contribution in [0, 0.1) is 0 Å². The summed E-state index contributed by atoms with van der Waals surface area (Å²) in [7, 11) is 0. The lowest BCUT2D eigenvalue weighted by Crippen LogP contribution is -2.42. The van der Waals surface area contributed by atoms with E-state index in [1.807, 2.05) is 31.2 Å². The van der Waals surface area contributed by atoms with Gasteiger partial charge >= 0.3 is 0 Å². The van der Waals surface area contributed by atoms with Gasteiger partial charge < -0.3 is 20.3 Å². The standard InChI is InChI=1S/C23H27N3O4/c1-3-30-19-10-8-18(9-11-19)25-23(29)15-24-22(28)14-21-20-7-5-4-6-17(20)12-13-26(21)16(2)27/h4-11,21H,3,12-15H2,1-2H3,(H,24,28)(H,25,29). The molecular weight excluding hydrogens is 382 g/mol. The van der Waals surface area contributed by atoms with Crippen molar-refractivity contribution in [3.8, 4) is 5.75 Å². The summed E-state index contributed by atoms with van der Waals surface area (Å²) in [6.45, 7) is 4.44. The second-order valence-electron chi connectivity index (χ2n) is 7.16. The molecular formula is C23H27N3O4. The number of hydrogen-bond donors (Lipinski definition) is 2. The number of nitrogens with zero attached hydrogens (tertiary/aromatic N) is 1. The zero-order valence-corrected chi connectivity index (χ0v) is 17.3. The lowest BCUT2D eigenvalue weighted by Gasteiger charge is -2.36. The molecule has 0 fully saturated rings. The van der Waals surface area contributed by atoms with Gasteiger partial charge in [0.25, 0.3) is 0 Å². The Morgan fingerprint density at radius 3 is 2.50 bits per heavy atom. The molecule has 0 radical (unpaired) electrons. The van der Waals surface area contributed by atoms with Crippen molar-refractivity contribution in [1.29, 1.82) is 0 Å². The number of rotatable bonds is 7. The Labute approximate surface area is 176 Å². The third-order valence-electron chi connectivity index (χ3n) is 5.09. The van der Waals surface area contributed by atoms with Gasteiger partial charge in [0.15, 0.2) is 0 Å². The fraction of sp³-hybridized carbons (Fsp3) is 0.348. The van der Waals surface area contributed by atoms with Crippen molar-refractivity contribution in [1.82, 2.24) is 10.2 Å². The van der Waals surface area contributed by atoms with E-state index in [0.29, 0.717) is 18.8 Å². The summed E-state index contributed by atoms with van der Waals surface area (Å²) in [6, 6.07) is 14.6. The van der Waals surface area contributed by atoms with Crippen LogP contribution in [0.4, 0.5) is 5.69 Å². The van der Waals surface area contributed by atoms with Crippen molar-refractivity contribution in [2.24, 2.45) is 0 Å². The predicted octanol–water partition coefficient (Wildman–Crippen LogP) is 2.68. The van der Waals surface area contributed by atoms with Crippen molar-refractivity contribution >= 4 is 23.4 Å². The minimum Gasteiger partial charge on any atom is -0.494 e. The number of amides is 3. The van der Waals surface area contributed by atoms with Gasteiger partial charge in [-0.2, -0.15) is 0 Å². The maximum Gasteiger partial charge on any atom is 0.243 e. The number of carbonyl (C=O) groups is 3. The van der Waals surface area contributed by atoms with Crippen LogP contribution >= 0.6 is 0 Å². The van der Waals surface area contributed by atoms with Crippen molar-refractivity contribution < 1.29 is 19.1 Å². The van der Waals surface area contributed by atoms with E-state index in [0.717, 1.165) is 23.3 Å². The molecule has 7 nitrogen and oxygen atoms in total. The molecule has 2 aromatic carbocycles. The Bertz CT molecular complexity index is 911. The van der Waals surface area contributed by atoms with E-state index in [4.69, 9.17) is 4.74 Å². The summed E-state index contributed by atoms with van der Waals surface area (Å²) in [5.74, 6) is 0.0758. The highest BCUT2D eigenvalue weighted by Crippen LogP contribution is 2.32. The molecule has 30 heavy (non-hydrogen) atoms. The van der Waals surface area contributed by atoms with Crippen LogP contribution in [0.1, 0.15) is 37.4 Å². The molecule has 1 atom stereocenters. The Balaban J connectivity index is 1.55. The highest BCUT2D eigenvalue weighted by Gasteiger charge is 2.30. The first-order valence-corrected chi connectivity index (χ1v) is 10.1. The van der Waals surface area contributed by atoms with Crippen molar-refractivity contribution in [2.75, 3.05) is 25.0 Å². The van der Waals surface area contributed by atoms with Gasteiger partial charge in [0.1, 0.15) is 5.75 Å². The summed E-state index contributed by atoms with van der Waals surface area (Å²) in [4.78, 5) is 38.5. The molecule has 158 valence electrons. The van der Waals surface area contributed by atoms with Crippen LogP contribution in [-0.2, 0) is 20.8 Å². The van der Waals surface area contributed by atoms with Gasteiger partial charge in [0.2, 0.25) is 17.7 Å². The van der Waals surface area contributed by atoms with Gasteiger partial charge in [-0.15, -0.1) is 0 Å². The van der Waals surface area contributed by atoms with Crippen LogP contribution in [0.3, 0.4) is 0 Å². The smallest absolute Gasteiger partial charge is 0.243 e. The fourth-order valence-electron chi connectivity index (χ4n) is 3.68. The normalized spacial score (nSPS) is 15.1. The molecule has 0 bridgehead atoms. The molecule has 3 amide bonds. The molecule has 0 spiro atoms. The summed E-state index contributed by atoms with van der Waals surface area (Å²) in [5.41, 5.74) is 2.77. The lowest BCUT2D eigenvalue weighted by molar-refractivity contribution is -0.133. The molecule has 0 saturated carbocycles. The maximum atomic E-state index is 12.5. The first kappa shape index (κ1) is 21.4. The maximum absolute atomic E-state index is 12.5. The van der Waals surface area contributed by atoms with E-state index in [-0.39, 0.29) is 36.7 Å². The van der Waals surface area contributed by atoms with Crippen LogP contribution in [-0.4, -0.2) is 42.3 Å². The first-order valence-electron chi connectivity index (χ1n) is 10.1. The highest BCUT2D eigenvalue weighted by molar-refractivity contribution is 5.94. The molecule has 3 rings (SSSR count). The van der Waals surface area contributed by atoms with Gasteiger partial charge in [0.05, 0.1) is 25.6 Å². The minimum atomic E-state index is -0.319. The molecule has 1 heterocycles. The quantitative estimate of drug-likeness (QED) is 0.736. The molecule has 0 aromatic heterocycles. The average molecular weight is 409 g/mol. The Morgan fingerprint density at radius 2 is 1.80 bits per heavy atom. The fourth-order valence-corrected chi connectivity index (χ4v) is 3.68. The molecule has 7 heteroatoms. The molecule has 1 aliphatic rings. The van der Waals surface area contributed by atoms with E-state index < -0.39 is 0 Å². The molecule has 2 aromatic rings. The van der Waals surface area contributed by atoms with Crippen LogP contribution in [0.25, 0.3) is 0 Å². The van der Waals surface area contributed by atoms with E-state index >= 15 is 0 Å². The molecule has 1 unspecified atom stereocenters. The molecule has 0 aliphatic carbocycles. The molecule has 0 saturated heterocycles. The Kier molecular flexibility index (Phi) is 7.06. The van der Waals surface area contributed by atoms with E-state index in [1.54, 1.807) is 29.2 Å². The van der Waals surface area contributed by atoms with Gasteiger partial charge in [-0.25, -0.2) is 0 Å². The van der Waals surface area contributed by atoms with Crippen LogP contribution in [0.15, 0.2) is 48.5 Å². The number of benzene rings is 2. The number of anilines is 1. The Hall–Kier alpha value is -3.35. The van der Waals surface area contributed by atoms with Crippen molar-refractivity contribution in [3.63, 3.8) is 0 Å². The van der Waals surface area contributed by atoms with Gasteiger partial charge in [-0.1, -0.05) is 24.3 Å². The van der Waals surface area contributed by atoms with Gasteiger partial charge in [-0.3, -0.25) is 14.4 Å². The van der Waals surface area contributed by atoms with Crippen LogP contribution in [0.2, 0.25) is 0 Å². The zero-order chi connectivity index (χ0) is 21.5. The third-order valence-corrected chi connectivity index (χ3v) is 5.09. The van der Waals surface area contributed by atoms with E-state index in [2.05, 4.69) is 10.6 Å². The first-order chi connectivity index (χ1) is 14.5. The lowest BCUT2D eigenvalue weighted by atomic mass is 9.90. The summed E-state index contributed by atoms with van der Waals surface area (Å²) in [6.07, 6.45) is 0.894.